The molecule has 2 saturated heterocycles. The first-order valence-electron chi connectivity index (χ1n) is 4.13. The number of nitrogens with zero attached hydrogens (tertiary/aromatic N) is 1. The van der Waals surface area contributed by atoms with Crippen LogP contribution < -0.4 is 0 Å². The zero-order valence-electron chi connectivity index (χ0n) is 6.60. The highest BCUT2D eigenvalue weighted by Gasteiger charge is 2.43. The van der Waals surface area contributed by atoms with E-state index < -0.39 is 0 Å². The lowest BCUT2D eigenvalue weighted by Gasteiger charge is -2.50. The quantitative estimate of drug-likeness (QED) is 0.496. The molecule has 1 spiro atoms. The average molecular weight is 141 g/mol. The summed E-state index contributed by atoms with van der Waals surface area (Å²) in [4.78, 5) is 2.47. The summed E-state index contributed by atoms with van der Waals surface area (Å²) >= 11 is 0. The highest BCUT2D eigenvalue weighted by atomic mass is 16.5. The Morgan fingerprint density at radius 2 is 2.10 bits per heavy atom. The number of ether oxygens (including phenoxy) is 1. The summed E-state index contributed by atoms with van der Waals surface area (Å²) in [6.45, 7) is 3.22. The molecule has 0 amide bonds. The van der Waals surface area contributed by atoms with Crippen molar-refractivity contribution in [2.24, 2.45) is 0 Å². The number of likely N-dealkylation sites (N-methyl/N-ethyl adjacent to an activating group) is 1. The van der Waals surface area contributed by atoms with E-state index in [1.54, 1.807) is 0 Å². The molecule has 2 heteroatoms. The average Bonchev–Trinajstić information content (AvgIpc) is 1.85. The molecule has 2 heterocycles. The van der Waals surface area contributed by atoms with Crippen LogP contribution in [0.2, 0.25) is 0 Å². The Morgan fingerprint density at radius 1 is 1.30 bits per heavy atom. The lowest BCUT2D eigenvalue weighted by Crippen LogP contribution is -2.62. The highest BCUT2D eigenvalue weighted by molar-refractivity contribution is 4.97. The summed E-state index contributed by atoms with van der Waals surface area (Å²) in [5, 5.41) is 0. The molecule has 10 heavy (non-hydrogen) atoms. The van der Waals surface area contributed by atoms with Crippen molar-refractivity contribution in [2.45, 2.75) is 24.8 Å². The molecule has 0 aromatic rings. The second-order valence-corrected chi connectivity index (χ2v) is 3.60. The molecule has 2 rings (SSSR count). The predicted octanol–water partition coefficient (Wildman–Crippen LogP) is 0.871. The molecule has 0 bridgehead atoms. The lowest BCUT2D eigenvalue weighted by atomic mass is 9.85. The molecule has 2 aliphatic rings. The van der Waals surface area contributed by atoms with Gasteiger partial charge in [0.25, 0.3) is 0 Å². The monoisotopic (exact) mass is 141 g/mol. The Kier molecular flexibility index (Phi) is 1.46. The normalized spacial score (nSPS) is 32.1. The van der Waals surface area contributed by atoms with E-state index in [1.807, 2.05) is 0 Å². The van der Waals surface area contributed by atoms with Gasteiger partial charge in [-0.3, -0.25) is 4.90 Å². The molecule has 58 valence electrons. The van der Waals surface area contributed by atoms with E-state index in [0.717, 1.165) is 13.2 Å². The summed E-state index contributed by atoms with van der Waals surface area (Å²) in [7, 11) is 2.22. The topological polar surface area (TPSA) is 12.5 Å². The fourth-order valence-electron chi connectivity index (χ4n) is 1.93. The van der Waals surface area contributed by atoms with Crippen molar-refractivity contribution in [3.63, 3.8) is 0 Å². The van der Waals surface area contributed by atoms with E-state index in [1.165, 1.54) is 25.8 Å². The molecule has 0 atom stereocenters. The van der Waals surface area contributed by atoms with Crippen LogP contribution in [0.25, 0.3) is 0 Å². The standard InChI is InChI=1S/C8H15NO/c1-9-5-3-2-4-8(9)6-10-7-8/h2-7H2,1H3. The van der Waals surface area contributed by atoms with E-state index >= 15 is 0 Å². The van der Waals surface area contributed by atoms with Gasteiger partial charge in [0.2, 0.25) is 0 Å². The third-order valence-electron chi connectivity index (χ3n) is 2.94. The minimum atomic E-state index is 0.470. The first-order chi connectivity index (χ1) is 4.83. The number of rotatable bonds is 0. The van der Waals surface area contributed by atoms with Gasteiger partial charge in [0, 0.05) is 0 Å². The molecule has 0 aromatic carbocycles. The Morgan fingerprint density at radius 3 is 2.50 bits per heavy atom. The van der Waals surface area contributed by atoms with Crippen molar-refractivity contribution in [1.82, 2.24) is 4.90 Å². The molecule has 0 aromatic heterocycles. The van der Waals surface area contributed by atoms with Crippen molar-refractivity contribution in [3.8, 4) is 0 Å². The van der Waals surface area contributed by atoms with Gasteiger partial charge in [0.1, 0.15) is 0 Å². The number of likely N-dealkylation sites (tertiary alicyclic amines) is 1. The summed E-state index contributed by atoms with van der Waals surface area (Å²) in [5.74, 6) is 0. The largest absolute Gasteiger partial charge is 0.377 e. The van der Waals surface area contributed by atoms with E-state index in [4.69, 9.17) is 4.74 Å². The Balaban J connectivity index is 2.03. The molecule has 0 aliphatic carbocycles. The van der Waals surface area contributed by atoms with E-state index in [-0.39, 0.29) is 0 Å². The summed E-state index contributed by atoms with van der Waals surface area (Å²) < 4.78 is 5.24. The molecule has 2 aliphatic heterocycles. The van der Waals surface area contributed by atoms with Crippen LogP contribution in [-0.2, 0) is 4.74 Å². The zero-order valence-corrected chi connectivity index (χ0v) is 6.60. The summed E-state index contributed by atoms with van der Waals surface area (Å²) in [5.41, 5.74) is 0.470. The van der Waals surface area contributed by atoms with Gasteiger partial charge in [-0.15, -0.1) is 0 Å². The highest BCUT2D eigenvalue weighted by Crippen LogP contribution is 2.32. The van der Waals surface area contributed by atoms with Crippen LogP contribution in [0.3, 0.4) is 0 Å². The molecular weight excluding hydrogens is 126 g/mol. The van der Waals surface area contributed by atoms with Crippen LogP contribution in [0.1, 0.15) is 19.3 Å². The number of piperidine rings is 1. The van der Waals surface area contributed by atoms with Crippen molar-refractivity contribution >= 4 is 0 Å². The van der Waals surface area contributed by atoms with E-state index in [0.29, 0.717) is 5.54 Å². The molecule has 2 fully saturated rings. The Hall–Kier alpha value is -0.0800. The maximum Gasteiger partial charge on any atom is 0.0676 e. The van der Waals surface area contributed by atoms with Crippen LogP contribution in [0.4, 0.5) is 0 Å². The summed E-state index contributed by atoms with van der Waals surface area (Å²) in [6.07, 6.45) is 4.12. The molecule has 0 unspecified atom stereocenters. The first-order valence-corrected chi connectivity index (χ1v) is 4.13. The molecule has 0 radical (unpaired) electrons. The molecule has 0 N–H and O–H groups in total. The number of hydrogen-bond donors (Lipinski definition) is 0. The maximum atomic E-state index is 5.24. The predicted molar refractivity (Wildman–Crippen MR) is 40.0 cm³/mol. The van der Waals surface area contributed by atoms with Gasteiger partial charge >= 0.3 is 0 Å². The zero-order chi connectivity index (χ0) is 7.03. The molecule has 2 nitrogen and oxygen atoms in total. The second kappa shape index (κ2) is 2.21. The van der Waals surface area contributed by atoms with E-state index in [2.05, 4.69) is 11.9 Å². The Labute approximate surface area is 62.2 Å². The van der Waals surface area contributed by atoms with Gasteiger partial charge in [-0.2, -0.15) is 0 Å². The van der Waals surface area contributed by atoms with Gasteiger partial charge in [-0.1, -0.05) is 6.42 Å². The van der Waals surface area contributed by atoms with E-state index in [9.17, 15) is 0 Å². The van der Waals surface area contributed by atoms with Crippen LogP contribution in [0.15, 0.2) is 0 Å². The molecule has 0 saturated carbocycles. The van der Waals surface area contributed by atoms with Crippen LogP contribution >= 0.6 is 0 Å². The SMILES string of the molecule is CN1CCCCC12COC2. The minimum Gasteiger partial charge on any atom is -0.377 e. The third-order valence-corrected chi connectivity index (χ3v) is 2.94. The van der Waals surface area contributed by atoms with Crippen LogP contribution in [0, 0.1) is 0 Å². The minimum absolute atomic E-state index is 0.470. The van der Waals surface area contributed by atoms with Crippen LogP contribution in [-0.4, -0.2) is 37.2 Å². The van der Waals surface area contributed by atoms with Crippen LogP contribution in [0.5, 0.6) is 0 Å². The fraction of sp³-hybridized carbons (Fsp3) is 1.00. The molecular formula is C8H15NO. The van der Waals surface area contributed by atoms with Gasteiger partial charge < -0.3 is 4.74 Å². The second-order valence-electron chi connectivity index (χ2n) is 3.60. The smallest absolute Gasteiger partial charge is 0.0676 e. The van der Waals surface area contributed by atoms with Crippen molar-refractivity contribution in [3.05, 3.63) is 0 Å². The van der Waals surface area contributed by atoms with Gasteiger partial charge in [-0.05, 0) is 26.4 Å². The first kappa shape index (κ1) is 6.62. The Bertz CT molecular complexity index is 131. The third kappa shape index (κ3) is 0.789. The maximum absolute atomic E-state index is 5.24. The summed E-state index contributed by atoms with van der Waals surface area (Å²) in [6, 6.07) is 0. The number of hydrogen-bond acceptors (Lipinski definition) is 2. The van der Waals surface area contributed by atoms with Crippen molar-refractivity contribution in [2.75, 3.05) is 26.8 Å². The van der Waals surface area contributed by atoms with Crippen molar-refractivity contribution in [1.29, 1.82) is 0 Å². The van der Waals surface area contributed by atoms with Gasteiger partial charge in [-0.25, -0.2) is 0 Å². The lowest BCUT2D eigenvalue weighted by molar-refractivity contribution is -0.147. The van der Waals surface area contributed by atoms with Gasteiger partial charge in [0.15, 0.2) is 0 Å². The van der Waals surface area contributed by atoms with Gasteiger partial charge in [0.05, 0.1) is 18.8 Å². The van der Waals surface area contributed by atoms with Crippen molar-refractivity contribution < 1.29 is 4.74 Å². The fourth-order valence-corrected chi connectivity index (χ4v) is 1.93.